The third-order valence-electron chi connectivity index (χ3n) is 4.35. The van der Waals surface area contributed by atoms with Gasteiger partial charge < -0.3 is 9.47 Å². The molecule has 0 N–H and O–H groups in total. The third-order valence-corrected chi connectivity index (χ3v) is 4.35. The van der Waals surface area contributed by atoms with E-state index in [0.29, 0.717) is 24.3 Å². The van der Waals surface area contributed by atoms with Crippen molar-refractivity contribution >= 4 is 0 Å². The van der Waals surface area contributed by atoms with E-state index in [2.05, 4.69) is 0 Å². The van der Waals surface area contributed by atoms with Gasteiger partial charge in [-0.15, -0.1) is 0 Å². The predicted octanol–water partition coefficient (Wildman–Crippen LogP) is 4.71. The van der Waals surface area contributed by atoms with Crippen molar-refractivity contribution in [3.05, 3.63) is 70.8 Å². The van der Waals surface area contributed by atoms with E-state index in [1.165, 1.54) is 24.3 Å². The third kappa shape index (κ3) is 2.59. The number of ether oxygens (including phenoxy) is 2. The highest BCUT2D eigenvalue weighted by atomic mass is 19.3. The van der Waals surface area contributed by atoms with Gasteiger partial charge in [0.1, 0.15) is 12.2 Å². The van der Waals surface area contributed by atoms with Gasteiger partial charge >= 0.3 is 11.8 Å². The monoisotopic (exact) mass is 338 g/mol. The smallest absolute Gasteiger partial charge is 0.339 e. The lowest BCUT2D eigenvalue weighted by Gasteiger charge is -2.27. The van der Waals surface area contributed by atoms with Crippen LogP contribution in [0.5, 0.6) is 0 Å². The molecular weight excluding hydrogens is 324 g/mol. The van der Waals surface area contributed by atoms with Gasteiger partial charge in [-0.05, 0) is 11.1 Å². The molecule has 24 heavy (non-hydrogen) atoms. The summed E-state index contributed by atoms with van der Waals surface area (Å²) in [6.45, 7) is 1.06. The van der Waals surface area contributed by atoms with Gasteiger partial charge in [0.25, 0.3) is 0 Å². The van der Waals surface area contributed by atoms with Crippen LogP contribution < -0.4 is 0 Å². The Kier molecular flexibility index (Phi) is 3.44. The van der Waals surface area contributed by atoms with Gasteiger partial charge in [-0.2, -0.15) is 17.6 Å². The largest absolute Gasteiger partial charge is 0.368 e. The number of halogens is 4. The van der Waals surface area contributed by atoms with Gasteiger partial charge in [-0.25, -0.2) is 0 Å². The van der Waals surface area contributed by atoms with Crippen molar-refractivity contribution in [1.29, 1.82) is 0 Å². The summed E-state index contributed by atoms with van der Waals surface area (Å²) in [6.07, 6.45) is -0.212. The van der Waals surface area contributed by atoms with Crippen LogP contribution in [0.15, 0.2) is 48.5 Å². The molecule has 4 rings (SSSR count). The summed E-state index contributed by atoms with van der Waals surface area (Å²) in [4.78, 5) is 0. The molecule has 2 aromatic carbocycles. The predicted molar refractivity (Wildman–Crippen MR) is 78.1 cm³/mol. The molecule has 2 atom stereocenters. The molecule has 6 heteroatoms. The summed E-state index contributed by atoms with van der Waals surface area (Å²) >= 11 is 0. The number of rotatable bonds is 5. The van der Waals surface area contributed by atoms with Gasteiger partial charge in [0, 0.05) is 11.1 Å². The highest BCUT2D eigenvalue weighted by Gasteiger charge is 2.58. The average molecular weight is 338 g/mol. The van der Waals surface area contributed by atoms with Crippen LogP contribution in [0.1, 0.15) is 34.5 Å². The first-order valence-corrected chi connectivity index (χ1v) is 7.59. The molecule has 2 aliphatic rings. The van der Waals surface area contributed by atoms with Crippen LogP contribution in [0.25, 0.3) is 0 Å². The second-order valence-corrected chi connectivity index (χ2v) is 6.04. The van der Waals surface area contributed by atoms with Crippen molar-refractivity contribution in [3.8, 4) is 0 Å². The van der Waals surface area contributed by atoms with Gasteiger partial charge in [0.05, 0.1) is 13.2 Å². The number of epoxide rings is 2. The summed E-state index contributed by atoms with van der Waals surface area (Å²) in [5.74, 6) is -8.62. The van der Waals surface area contributed by atoms with E-state index in [1.54, 1.807) is 0 Å². The van der Waals surface area contributed by atoms with E-state index >= 15 is 0 Å². The molecule has 2 fully saturated rings. The summed E-state index contributed by atoms with van der Waals surface area (Å²) in [5, 5.41) is 0. The molecule has 0 bridgehead atoms. The van der Waals surface area contributed by atoms with Crippen molar-refractivity contribution in [2.75, 3.05) is 13.2 Å². The van der Waals surface area contributed by atoms with Gasteiger partial charge in [-0.1, -0.05) is 48.5 Å². The van der Waals surface area contributed by atoms with Crippen molar-refractivity contribution in [1.82, 2.24) is 0 Å². The van der Waals surface area contributed by atoms with Crippen LogP contribution in [-0.4, -0.2) is 13.2 Å². The number of hydrogen-bond acceptors (Lipinski definition) is 2. The zero-order valence-electron chi connectivity index (χ0n) is 12.5. The molecule has 2 aromatic rings. The lowest BCUT2D eigenvalue weighted by Crippen LogP contribution is -2.35. The van der Waals surface area contributed by atoms with Crippen molar-refractivity contribution < 1.29 is 27.0 Å². The van der Waals surface area contributed by atoms with Gasteiger partial charge in [0.15, 0.2) is 0 Å². The molecule has 0 amide bonds. The Hall–Kier alpha value is -1.92. The maximum Gasteiger partial charge on any atom is 0.339 e. The second-order valence-electron chi connectivity index (χ2n) is 6.04. The normalized spacial score (nSPS) is 23.2. The maximum atomic E-state index is 14.4. The molecule has 2 saturated heterocycles. The van der Waals surface area contributed by atoms with Gasteiger partial charge in [-0.3, -0.25) is 0 Å². The Morgan fingerprint density at radius 1 is 0.625 bits per heavy atom. The van der Waals surface area contributed by atoms with Crippen LogP contribution in [0.2, 0.25) is 0 Å². The van der Waals surface area contributed by atoms with E-state index < -0.39 is 23.0 Å². The highest BCUT2D eigenvalue weighted by Crippen LogP contribution is 2.50. The maximum absolute atomic E-state index is 14.4. The molecule has 0 spiro atoms. The minimum absolute atomic E-state index is 0.106. The molecule has 2 aliphatic heterocycles. The topological polar surface area (TPSA) is 25.1 Å². The van der Waals surface area contributed by atoms with E-state index in [4.69, 9.17) is 9.47 Å². The number of benzene rings is 2. The first kappa shape index (κ1) is 15.6. The Labute approximate surface area is 136 Å². The number of hydrogen-bond donors (Lipinski definition) is 0. The minimum Gasteiger partial charge on any atom is -0.368 e. The average Bonchev–Trinajstić information content (AvgIpc) is 3.48. The quantitative estimate of drug-likeness (QED) is 0.582. The van der Waals surface area contributed by atoms with Crippen molar-refractivity contribution in [3.63, 3.8) is 0 Å². The lowest BCUT2D eigenvalue weighted by molar-refractivity contribution is -0.223. The minimum atomic E-state index is -4.31. The fraction of sp³-hybridized carbons (Fsp3) is 0.333. The summed E-state index contributed by atoms with van der Waals surface area (Å²) in [6, 6.07) is 9.79. The molecule has 0 aromatic heterocycles. The zero-order valence-corrected chi connectivity index (χ0v) is 12.5. The zero-order chi connectivity index (χ0) is 16.9. The molecule has 0 aliphatic carbocycles. The fourth-order valence-corrected chi connectivity index (χ4v) is 2.66. The molecule has 2 heterocycles. The van der Waals surface area contributed by atoms with Crippen LogP contribution in [0.4, 0.5) is 17.6 Å². The van der Waals surface area contributed by atoms with Gasteiger partial charge in [0.2, 0.25) is 0 Å². The standard InChI is InChI=1S/C18H14F4O2/c19-17(20,13-5-1-11(2-6-13)15-9-23-15)18(21,22)14-7-3-12(4-8-14)16-10-24-16/h1-8,15-16H,9-10H2. The lowest BCUT2D eigenvalue weighted by atomic mass is 9.94. The highest BCUT2D eigenvalue weighted by molar-refractivity contribution is 5.35. The van der Waals surface area contributed by atoms with Crippen molar-refractivity contribution in [2.45, 2.75) is 24.1 Å². The van der Waals surface area contributed by atoms with Crippen LogP contribution in [0.3, 0.4) is 0 Å². The second kappa shape index (κ2) is 5.29. The Morgan fingerprint density at radius 3 is 1.17 bits per heavy atom. The van der Waals surface area contributed by atoms with E-state index in [9.17, 15) is 17.6 Å². The van der Waals surface area contributed by atoms with Crippen LogP contribution in [0, 0.1) is 0 Å². The molecular formula is C18H14F4O2. The Balaban J connectivity index is 1.62. The Morgan fingerprint density at radius 2 is 0.917 bits per heavy atom. The van der Waals surface area contributed by atoms with Crippen molar-refractivity contribution in [2.24, 2.45) is 0 Å². The Bertz CT molecular complexity index is 667. The SMILES string of the molecule is FC(F)(c1ccc(C2CO2)cc1)C(F)(F)c1ccc(C2CO2)cc1. The first-order valence-electron chi connectivity index (χ1n) is 7.59. The number of alkyl halides is 4. The fourth-order valence-electron chi connectivity index (χ4n) is 2.66. The first-order chi connectivity index (χ1) is 11.4. The molecule has 0 saturated carbocycles. The summed E-state index contributed by atoms with van der Waals surface area (Å²) in [7, 11) is 0. The van der Waals surface area contributed by atoms with E-state index in [1.807, 2.05) is 0 Å². The summed E-state index contributed by atoms with van der Waals surface area (Å²) < 4.78 is 67.8. The molecule has 0 radical (unpaired) electrons. The summed E-state index contributed by atoms with van der Waals surface area (Å²) in [5.41, 5.74) is -0.00342. The van der Waals surface area contributed by atoms with Crippen LogP contribution in [-0.2, 0) is 21.3 Å². The van der Waals surface area contributed by atoms with E-state index in [-0.39, 0.29) is 12.2 Å². The van der Waals surface area contributed by atoms with Crippen LogP contribution >= 0.6 is 0 Å². The van der Waals surface area contributed by atoms with E-state index in [0.717, 1.165) is 24.3 Å². The molecule has 126 valence electrons. The molecule has 2 unspecified atom stereocenters. The molecule has 2 nitrogen and oxygen atoms in total.